The molecular formula is C17H21NO2. The van der Waals surface area contributed by atoms with Crippen LogP contribution in [0.5, 0.6) is 11.5 Å². The molecular weight excluding hydrogens is 250 g/mol. The number of nitrogens with zero attached hydrogens (tertiary/aromatic N) is 1. The van der Waals surface area contributed by atoms with Gasteiger partial charge in [0, 0.05) is 23.5 Å². The molecule has 0 unspecified atom stereocenters. The lowest BCUT2D eigenvalue weighted by Gasteiger charge is -2.22. The number of hydrogen-bond donors (Lipinski definition) is 0. The molecule has 3 nitrogen and oxygen atoms in total. The Balaban J connectivity index is 2.20. The van der Waals surface area contributed by atoms with E-state index >= 15 is 0 Å². The highest BCUT2D eigenvalue weighted by atomic mass is 16.5. The molecule has 2 heterocycles. The van der Waals surface area contributed by atoms with Gasteiger partial charge in [-0.25, -0.2) is 0 Å². The van der Waals surface area contributed by atoms with Crippen molar-refractivity contribution >= 4 is 0 Å². The molecule has 106 valence electrons. The number of hydrogen-bond acceptors (Lipinski definition) is 2. The first-order valence-electron chi connectivity index (χ1n) is 7.13. The standard InChI is InChI=1S/C17H21NO2/c1-5-12-8-15-14-10-17(20-4)16(19-3)9-13(14)6-7-18(15)11(12)2/h8-10H,5-7H2,1-4H3. The average molecular weight is 271 g/mol. The van der Waals surface area contributed by atoms with Gasteiger partial charge in [-0.2, -0.15) is 0 Å². The van der Waals surface area contributed by atoms with Crippen molar-refractivity contribution in [2.45, 2.75) is 33.2 Å². The number of aryl methyl sites for hydroxylation is 2. The maximum absolute atomic E-state index is 5.45. The van der Waals surface area contributed by atoms with Crippen molar-refractivity contribution in [2.75, 3.05) is 14.2 Å². The number of aromatic nitrogens is 1. The predicted octanol–water partition coefficient (Wildman–Crippen LogP) is 3.60. The zero-order valence-corrected chi connectivity index (χ0v) is 12.6. The fraction of sp³-hybridized carbons (Fsp3) is 0.412. The number of rotatable bonds is 3. The predicted molar refractivity (Wildman–Crippen MR) is 80.8 cm³/mol. The van der Waals surface area contributed by atoms with Crippen molar-refractivity contribution in [3.05, 3.63) is 35.0 Å². The molecule has 0 saturated heterocycles. The van der Waals surface area contributed by atoms with Crippen LogP contribution in [0, 0.1) is 6.92 Å². The van der Waals surface area contributed by atoms with Crippen LogP contribution in [-0.2, 0) is 19.4 Å². The fourth-order valence-corrected chi connectivity index (χ4v) is 3.17. The molecule has 0 atom stereocenters. The van der Waals surface area contributed by atoms with E-state index in [4.69, 9.17) is 9.47 Å². The number of benzene rings is 1. The van der Waals surface area contributed by atoms with Crippen molar-refractivity contribution < 1.29 is 9.47 Å². The summed E-state index contributed by atoms with van der Waals surface area (Å²) in [5, 5.41) is 0. The second kappa shape index (κ2) is 4.89. The summed E-state index contributed by atoms with van der Waals surface area (Å²) >= 11 is 0. The summed E-state index contributed by atoms with van der Waals surface area (Å²) < 4.78 is 13.3. The summed E-state index contributed by atoms with van der Waals surface area (Å²) in [6.07, 6.45) is 2.12. The highest BCUT2D eigenvalue weighted by Gasteiger charge is 2.22. The Morgan fingerprint density at radius 2 is 1.80 bits per heavy atom. The molecule has 0 radical (unpaired) electrons. The average Bonchev–Trinajstić information content (AvgIpc) is 2.82. The molecule has 0 aliphatic carbocycles. The van der Waals surface area contributed by atoms with Crippen molar-refractivity contribution in [1.82, 2.24) is 4.57 Å². The Kier molecular flexibility index (Phi) is 3.20. The Bertz CT molecular complexity index is 655. The van der Waals surface area contributed by atoms with Crippen molar-refractivity contribution in [1.29, 1.82) is 0 Å². The number of ether oxygens (including phenoxy) is 2. The van der Waals surface area contributed by atoms with Crippen molar-refractivity contribution in [3.8, 4) is 22.8 Å². The highest BCUT2D eigenvalue weighted by Crippen LogP contribution is 2.40. The molecule has 1 aliphatic heterocycles. The summed E-state index contributed by atoms with van der Waals surface area (Å²) in [5.41, 5.74) is 6.75. The van der Waals surface area contributed by atoms with Gasteiger partial charge in [0.15, 0.2) is 11.5 Å². The lowest BCUT2D eigenvalue weighted by atomic mass is 9.97. The van der Waals surface area contributed by atoms with E-state index in [1.54, 1.807) is 14.2 Å². The third-order valence-corrected chi connectivity index (χ3v) is 4.34. The molecule has 0 fully saturated rings. The first-order chi connectivity index (χ1) is 9.69. The van der Waals surface area contributed by atoms with E-state index in [0.29, 0.717) is 0 Å². The zero-order valence-electron chi connectivity index (χ0n) is 12.6. The first-order valence-corrected chi connectivity index (χ1v) is 7.13. The Morgan fingerprint density at radius 3 is 2.45 bits per heavy atom. The summed E-state index contributed by atoms with van der Waals surface area (Å²) in [4.78, 5) is 0. The maximum atomic E-state index is 5.45. The Hall–Kier alpha value is -1.90. The van der Waals surface area contributed by atoms with Crippen LogP contribution in [0.1, 0.15) is 23.7 Å². The van der Waals surface area contributed by atoms with Gasteiger partial charge >= 0.3 is 0 Å². The smallest absolute Gasteiger partial charge is 0.161 e. The zero-order chi connectivity index (χ0) is 14.3. The summed E-state index contributed by atoms with van der Waals surface area (Å²) in [7, 11) is 3.38. The Labute approximate surface area is 120 Å². The van der Waals surface area contributed by atoms with Crippen LogP contribution in [0.2, 0.25) is 0 Å². The molecule has 0 saturated carbocycles. The summed E-state index contributed by atoms with van der Waals surface area (Å²) in [6, 6.07) is 6.54. The van der Waals surface area contributed by atoms with Gasteiger partial charge in [-0.15, -0.1) is 0 Å². The minimum atomic E-state index is 0.802. The normalized spacial score (nSPS) is 12.8. The summed E-state index contributed by atoms with van der Waals surface area (Å²) in [6.45, 7) is 5.47. The van der Waals surface area contributed by atoms with Crippen molar-refractivity contribution in [2.24, 2.45) is 0 Å². The van der Waals surface area contributed by atoms with Gasteiger partial charge in [0.1, 0.15) is 0 Å². The molecule has 1 aromatic heterocycles. The minimum absolute atomic E-state index is 0.802. The molecule has 0 N–H and O–H groups in total. The third kappa shape index (κ3) is 1.80. The second-order valence-corrected chi connectivity index (χ2v) is 5.26. The lowest BCUT2D eigenvalue weighted by molar-refractivity contribution is 0.354. The van der Waals surface area contributed by atoms with Gasteiger partial charge in [-0.3, -0.25) is 0 Å². The maximum Gasteiger partial charge on any atom is 0.161 e. The molecule has 1 aromatic carbocycles. The fourth-order valence-electron chi connectivity index (χ4n) is 3.17. The number of fused-ring (bicyclic) bond motifs is 3. The third-order valence-electron chi connectivity index (χ3n) is 4.34. The van der Waals surface area contributed by atoms with Gasteiger partial charge < -0.3 is 14.0 Å². The van der Waals surface area contributed by atoms with E-state index in [-0.39, 0.29) is 0 Å². The van der Waals surface area contributed by atoms with E-state index in [2.05, 4.69) is 36.6 Å². The van der Waals surface area contributed by atoms with Gasteiger partial charge in [0.2, 0.25) is 0 Å². The molecule has 20 heavy (non-hydrogen) atoms. The van der Waals surface area contributed by atoms with Gasteiger partial charge in [0.05, 0.1) is 14.2 Å². The molecule has 3 heteroatoms. The molecule has 0 bridgehead atoms. The Morgan fingerprint density at radius 1 is 1.10 bits per heavy atom. The van der Waals surface area contributed by atoms with Gasteiger partial charge in [-0.1, -0.05) is 6.92 Å². The molecule has 0 spiro atoms. The second-order valence-electron chi connectivity index (χ2n) is 5.26. The van der Waals surface area contributed by atoms with Gasteiger partial charge in [-0.05, 0) is 49.1 Å². The molecule has 2 aromatic rings. The quantitative estimate of drug-likeness (QED) is 0.851. The first kappa shape index (κ1) is 13.1. The van der Waals surface area contributed by atoms with Crippen LogP contribution in [0.3, 0.4) is 0 Å². The van der Waals surface area contributed by atoms with Crippen LogP contribution >= 0.6 is 0 Å². The van der Waals surface area contributed by atoms with Crippen LogP contribution in [0.25, 0.3) is 11.3 Å². The van der Waals surface area contributed by atoms with Crippen LogP contribution in [0.15, 0.2) is 18.2 Å². The van der Waals surface area contributed by atoms with E-state index in [1.807, 2.05) is 0 Å². The van der Waals surface area contributed by atoms with Crippen LogP contribution < -0.4 is 9.47 Å². The monoisotopic (exact) mass is 271 g/mol. The van der Waals surface area contributed by atoms with Gasteiger partial charge in [0.25, 0.3) is 0 Å². The number of methoxy groups -OCH3 is 2. The topological polar surface area (TPSA) is 23.4 Å². The van der Waals surface area contributed by atoms with E-state index in [9.17, 15) is 0 Å². The van der Waals surface area contributed by atoms with Crippen LogP contribution in [0.4, 0.5) is 0 Å². The van der Waals surface area contributed by atoms with Crippen LogP contribution in [-0.4, -0.2) is 18.8 Å². The summed E-state index contributed by atoms with van der Waals surface area (Å²) in [5.74, 6) is 1.62. The SMILES string of the molecule is CCc1cc2n(c1C)CCc1cc(OC)c(OC)cc1-2. The largest absolute Gasteiger partial charge is 0.493 e. The molecule has 1 aliphatic rings. The lowest BCUT2D eigenvalue weighted by Crippen LogP contribution is -2.12. The van der Waals surface area contributed by atoms with E-state index < -0.39 is 0 Å². The van der Waals surface area contributed by atoms with E-state index in [0.717, 1.165) is 30.9 Å². The van der Waals surface area contributed by atoms with E-state index in [1.165, 1.54) is 28.1 Å². The molecule has 0 amide bonds. The molecule has 3 rings (SSSR count). The minimum Gasteiger partial charge on any atom is -0.493 e. The van der Waals surface area contributed by atoms with Crippen molar-refractivity contribution in [3.63, 3.8) is 0 Å². The highest BCUT2D eigenvalue weighted by molar-refractivity contribution is 5.72.